The molecule has 0 spiro atoms. The van der Waals surface area contributed by atoms with E-state index in [1.807, 2.05) is 16.5 Å². The number of hydrogen-bond acceptors (Lipinski definition) is 4. The number of rotatable bonds is 3. The van der Waals surface area contributed by atoms with Gasteiger partial charge in [-0.05, 0) is 13.3 Å². The Morgan fingerprint density at radius 3 is 3.15 bits per heavy atom. The number of carbonyl (C=O) groups excluding carboxylic acids is 1. The SMILES string of the molecule is CCCn1ncc(C(=O)N2CCc3nocc3C2)c1C. The van der Waals surface area contributed by atoms with Crippen LogP contribution >= 0.6 is 0 Å². The van der Waals surface area contributed by atoms with Crippen molar-refractivity contribution in [3.05, 3.63) is 35.0 Å². The molecule has 0 radical (unpaired) electrons. The zero-order valence-electron chi connectivity index (χ0n) is 11.8. The van der Waals surface area contributed by atoms with Crippen molar-refractivity contribution >= 4 is 5.91 Å². The molecule has 0 bridgehead atoms. The van der Waals surface area contributed by atoms with Crippen molar-refractivity contribution in [1.82, 2.24) is 19.8 Å². The van der Waals surface area contributed by atoms with E-state index in [4.69, 9.17) is 4.52 Å². The molecular weight excluding hydrogens is 256 g/mol. The number of fused-ring (bicyclic) bond motifs is 1. The molecule has 6 nitrogen and oxygen atoms in total. The van der Waals surface area contributed by atoms with Gasteiger partial charge >= 0.3 is 0 Å². The Morgan fingerprint density at radius 1 is 1.50 bits per heavy atom. The highest BCUT2D eigenvalue weighted by atomic mass is 16.5. The first-order chi connectivity index (χ1) is 9.70. The quantitative estimate of drug-likeness (QED) is 0.856. The van der Waals surface area contributed by atoms with Crippen molar-refractivity contribution in [3.8, 4) is 0 Å². The molecule has 2 aromatic heterocycles. The summed E-state index contributed by atoms with van der Waals surface area (Å²) in [4.78, 5) is 14.4. The topological polar surface area (TPSA) is 64.2 Å². The van der Waals surface area contributed by atoms with Crippen LogP contribution in [-0.4, -0.2) is 32.3 Å². The van der Waals surface area contributed by atoms with Crippen molar-refractivity contribution in [2.75, 3.05) is 6.54 Å². The van der Waals surface area contributed by atoms with Gasteiger partial charge in [-0.3, -0.25) is 9.48 Å². The van der Waals surface area contributed by atoms with Crippen molar-refractivity contribution in [1.29, 1.82) is 0 Å². The van der Waals surface area contributed by atoms with E-state index in [0.717, 1.165) is 36.3 Å². The molecule has 0 N–H and O–H groups in total. The minimum Gasteiger partial charge on any atom is -0.364 e. The van der Waals surface area contributed by atoms with Gasteiger partial charge in [-0.1, -0.05) is 12.1 Å². The molecular formula is C14H18N4O2. The van der Waals surface area contributed by atoms with Gasteiger partial charge in [0, 0.05) is 30.8 Å². The first-order valence-electron chi connectivity index (χ1n) is 6.94. The van der Waals surface area contributed by atoms with Crippen molar-refractivity contribution in [2.45, 2.75) is 39.8 Å². The van der Waals surface area contributed by atoms with Crippen LogP contribution < -0.4 is 0 Å². The number of nitrogens with zero attached hydrogens (tertiary/aromatic N) is 4. The van der Waals surface area contributed by atoms with Gasteiger partial charge in [-0.15, -0.1) is 0 Å². The lowest BCUT2D eigenvalue weighted by atomic mass is 10.1. The number of aromatic nitrogens is 3. The molecule has 0 atom stereocenters. The summed E-state index contributed by atoms with van der Waals surface area (Å²) < 4.78 is 6.85. The fourth-order valence-electron chi connectivity index (χ4n) is 2.58. The fraction of sp³-hybridized carbons (Fsp3) is 0.500. The molecule has 1 aliphatic rings. The molecule has 0 aliphatic carbocycles. The summed E-state index contributed by atoms with van der Waals surface area (Å²) in [7, 11) is 0. The van der Waals surface area contributed by atoms with E-state index in [-0.39, 0.29) is 5.91 Å². The van der Waals surface area contributed by atoms with E-state index < -0.39 is 0 Å². The Kier molecular flexibility index (Phi) is 3.30. The van der Waals surface area contributed by atoms with Crippen LogP contribution in [-0.2, 0) is 19.5 Å². The van der Waals surface area contributed by atoms with Crippen LogP contribution in [0.5, 0.6) is 0 Å². The van der Waals surface area contributed by atoms with Gasteiger partial charge in [-0.25, -0.2) is 0 Å². The van der Waals surface area contributed by atoms with Crippen LogP contribution in [0.25, 0.3) is 0 Å². The predicted octanol–water partition coefficient (Wildman–Crippen LogP) is 1.79. The molecule has 3 heterocycles. The Labute approximate surface area is 117 Å². The van der Waals surface area contributed by atoms with Crippen LogP contribution in [0.15, 0.2) is 17.0 Å². The minimum atomic E-state index is 0.0386. The molecule has 0 unspecified atom stereocenters. The second-order valence-corrected chi connectivity index (χ2v) is 5.13. The molecule has 1 aliphatic heterocycles. The van der Waals surface area contributed by atoms with Crippen LogP contribution in [0.4, 0.5) is 0 Å². The first-order valence-corrected chi connectivity index (χ1v) is 6.94. The van der Waals surface area contributed by atoms with Gasteiger partial charge in [0.05, 0.1) is 24.0 Å². The lowest BCUT2D eigenvalue weighted by Gasteiger charge is -2.25. The zero-order valence-corrected chi connectivity index (χ0v) is 11.8. The van der Waals surface area contributed by atoms with E-state index in [9.17, 15) is 4.79 Å². The molecule has 0 saturated heterocycles. The molecule has 0 fully saturated rings. The van der Waals surface area contributed by atoms with Crippen LogP contribution in [0.2, 0.25) is 0 Å². The molecule has 6 heteroatoms. The van der Waals surface area contributed by atoms with Crippen LogP contribution in [0, 0.1) is 6.92 Å². The van der Waals surface area contributed by atoms with Gasteiger partial charge in [-0.2, -0.15) is 5.10 Å². The number of aryl methyl sites for hydroxylation is 1. The summed E-state index contributed by atoms with van der Waals surface area (Å²) in [6.07, 6.45) is 5.06. The third kappa shape index (κ3) is 2.11. The smallest absolute Gasteiger partial charge is 0.257 e. The monoisotopic (exact) mass is 274 g/mol. The Balaban J connectivity index is 1.80. The number of carbonyl (C=O) groups is 1. The maximum Gasteiger partial charge on any atom is 0.257 e. The highest BCUT2D eigenvalue weighted by molar-refractivity contribution is 5.95. The lowest BCUT2D eigenvalue weighted by molar-refractivity contribution is 0.0733. The van der Waals surface area contributed by atoms with Gasteiger partial charge in [0.25, 0.3) is 5.91 Å². The molecule has 0 saturated carbocycles. The van der Waals surface area contributed by atoms with Gasteiger partial charge in [0.1, 0.15) is 6.26 Å². The van der Waals surface area contributed by atoms with Crippen molar-refractivity contribution < 1.29 is 9.32 Å². The molecule has 106 valence electrons. The van der Waals surface area contributed by atoms with Crippen molar-refractivity contribution in [3.63, 3.8) is 0 Å². The predicted molar refractivity (Wildman–Crippen MR) is 72.2 cm³/mol. The summed E-state index contributed by atoms with van der Waals surface area (Å²) in [5.74, 6) is 0.0386. The highest BCUT2D eigenvalue weighted by Gasteiger charge is 2.26. The Hall–Kier alpha value is -2.11. The molecule has 20 heavy (non-hydrogen) atoms. The zero-order chi connectivity index (χ0) is 14.1. The van der Waals surface area contributed by atoms with Crippen LogP contribution in [0.3, 0.4) is 0 Å². The van der Waals surface area contributed by atoms with E-state index in [2.05, 4.69) is 17.2 Å². The first kappa shape index (κ1) is 12.9. The Morgan fingerprint density at radius 2 is 2.35 bits per heavy atom. The van der Waals surface area contributed by atoms with E-state index in [0.29, 0.717) is 18.7 Å². The summed E-state index contributed by atoms with van der Waals surface area (Å²) >= 11 is 0. The third-order valence-corrected chi connectivity index (χ3v) is 3.76. The number of hydrogen-bond donors (Lipinski definition) is 0. The van der Waals surface area contributed by atoms with E-state index >= 15 is 0 Å². The van der Waals surface area contributed by atoms with Gasteiger partial charge in [0.2, 0.25) is 0 Å². The molecule has 3 rings (SSSR count). The third-order valence-electron chi connectivity index (χ3n) is 3.76. The lowest BCUT2D eigenvalue weighted by Crippen LogP contribution is -2.35. The van der Waals surface area contributed by atoms with E-state index in [1.165, 1.54) is 0 Å². The summed E-state index contributed by atoms with van der Waals surface area (Å²) in [5, 5.41) is 8.23. The van der Waals surface area contributed by atoms with E-state index in [1.54, 1.807) is 12.5 Å². The maximum atomic E-state index is 12.6. The van der Waals surface area contributed by atoms with Crippen molar-refractivity contribution in [2.24, 2.45) is 0 Å². The Bertz CT molecular complexity index is 629. The highest BCUT2D eigenvalue weighted by Crippen LogP contribution is 2.20. The average Bonchev–Trinajstić information content (AvgIpc) is 3.05. The second kappa shape index (κ2) is 5.11. The second-order valence-electron chi connectivity index (χ2n) is 5.13. The average molecular weight is 274 g/mol. The summed E-state index contributed by atoms with van der Waals surface area (Å²) in [6.45, 7) is 6.13. The minimum absolute atomic E-state index is 0.0386. The van der Waals surface area contributed by atoms with Gasteiger partial charge in [0.15, 0.2) is 0 Å². The maximum absolute atomic E-state index is 12.6. The summed E-state index contributed by atoms with van der Waals surface area (Å²) in [6, 6.07) is 0. The summed E-state index contributed by atoms with van der Waals surface area (Å²) in [5.41, 5.74) is 3.60. The molecule has 0 aromatic carbocycles. The van der Waals surface area contributed by atoms with Crippen LogP contribution in [0.1, 0.15) is 40.7 Å². The standard InChI is InChI=1S/C14H18N4O2/c1-3-5-18-10(2)12(7-15-18)14(19)17-6-4-13-11(8-17)9-20-16-13/h7,9H,3-6,8H2,1-2H3. The molecule has 1 amide bonds. The fourth-order valence-corrected chi connectivity index (χ4v) is 2.58. The van der Waals surface area contributed by atoms with Gasteiger partial charge < -0.3 is 9.42 Å². The normalized spacial score (nSPS) is 14.4. The number of amides is 1. The largest absolute Gasteiger partial charge is 0.364 e. The molecule has 2 aromatic rings.